The van der Waals surface area contributed by atoms with Crippen molar-refractivity contribution in [3.05, 3.63) is 22.2 Å². The average molecular weight is 322 g/mol. The standard InChI is InChI=1S/C14H18N4O5/c15-8(3-1-2-4-19)12-13(16-7-17-14(12)22)18-11-5-9(21)10(6-20)23-11/h7,9-11,15,19-21H,2,4-6H2,(H2,16,17,18,22). The molecule has 3 unspecified atom stereocenters. The predicted octanol–water partition coefficient (Wildman–Crippen LogP) is -1.60. The minimum Gasteiger partial charge on any atom is -0.395 e. The van der Waals surface area contributed by atoms with Gasteiger partial charge in [-0.15, -0.1) is 0 Å². The molecule has 0 radical (unpaired) electrons. The van der Waals surface area contributed by atoms with E-state index in [1.165, 1.54) is 6.33 Å². The Balaban J connectivity index is 2.20. The van der Waals surface area contributed by atoms with E-state index in [2.05, 4.69) is 27.1 Å². The lowest BCUT2D eigenvalue weighted by Gasteiger charge is -2.15. The summed E-state index contributed by atoms with van der Waals surface area (Å²) < 4.78 is 5.40. The summed E-state index contributed by atoms with van der Waals surface area (Å²) in [7, 11) is 0. The van der Waals surface area contributed by atoms with Gasteiger partial charge in [0.25, 0.3) is 5.56 Å². The summed E-state index contributed by atoms with van der Waals surface area (Å²) in [5.74, 6) is 5.15. The second kappa shape index (κ2) is 7.85. The molecule has 0 bridgehead atoms. The lowest BCUT2D eigenvalue weighted by molar-refractivity contribution is -0.0149. The number of rotatable bonds is 5. The van der Waals surface area contributed by atoms with Crippen LogP contribution in [-0.4, -0.2) is 62.6 Å². The number of hydrogen-bond acceptors (Lipinski definition) is 8. The van der Waals surface area contributed by atoms with Crippen LogP contribution in [0.2, 0.25) is 0 Å². The van der Waals surface area contributed by atoms with Gasteiger partial charge in [-0.1, -0.05) is 5.92 Å². The number of nitrogens with zero attached hydrogens (tertiary/aromatic N) is 1. The highest BCUT2D eigenvalue weighted by molar-refractivity contribution is 6.13. The van der Waals surface area contributed by atoms with Crippen LogP contribution >= 0.6 is 0 Å². The zero-order valence-electron chi connectivity index (χ0n) is 12.2. The molecule has 0 aliphatic carbocycles. The monoisotopic (exact) mass is 322 g/mol. The molecule has 2 heterocycles. The molecule has 0 saturated carbocycles. The van der Waals surface area contributed by atoms with Crippen molar-refractivity contribution in [2.75, 3.05) is 18.5 Å². The van der Waals surface area contributed by atoms with Crippen LogP contribution in [0.5, 0.6) is 0 Å². The van der Waals surface area contributed by atoms with E-state index >= 15 is 0 Å². The maximum atomic E-state index is 11.9. The Hall–Kier alpha value is -2.25. The molecule has 0 spiro atoms. The van der Waals surface area contributed by atoms with Crippen molar-refractivity contribution in [3.63, 3.8) is 0 Å². The van der Waals surface area contributed by atoms with E-state index in [9.17, 15) is 9.90 Å². The highest BCUT2D eigenvalue weighted by atomic mass is 16.5. The number of aliphatic hydroxyl groups is 3. The van der Waals surface area contributed by atoms with Crippen molar-refractivity contribution in [1.29, 1.82) is 5.41 Å². The molecule has 1 aliphatic rings. The fourth-order valence-electron chi connectivity index (χ4n) is 2.15. The average Bonchev–Trinajstić information content (AvgIpc) is 2.87. The number of anilines is 1. The van der Waals surface area contributed by atoms with Crippen molar-refractivity contribution in [2.45, 2.75) is 31.3 Å². The van der Waals surface area contributed by atoms with Gasteiger partial charge in [-0.3, -0.25) is 10.2 Å². The molecule has 1 fully saturated rings. The first kappa shape index (κ1) is 17.1. The largest absolute Gasteiger partial charge is 0.395 e. The predicted molar refractivity (Wildman–Crippen MR) is 81.2 cm³/mol. The number of nitrogens with one attached hydrogen (secondary N) is 3. The van der Waals surface area contributed by atoms with Crippen LogP contribution in [0.25, 0.3) is 0 Å². The molecule has 6 N–H and O–H groups in total. The molecule has 1 aromatic rings. The molecule has 2 rings (SSSR count). The number of aliphatic hydroxyl groups excluding tert-OH is 3. The van der Waals surface area contributed by atoms with E-state index in [4.69, 9.17) is 20.4 Å². The highest BCUT2D eigenvalue weighted by Crippen LogP contribution is 2.22. The minimum absolute atomic E-state index is 0.0523. The van der Waals surface area contributed by atoms with Crippen molar-refractivity contribution in [1.82, 2.24) is 9.97 Å². The fourth-order valence-corrected chi connectivity index (χ4v) is 2.15. The summed E-state index contributed by atoms with van der Waals surface area (Å²) in [5, 5.41) is 38.2. The fraction of sp³-hybridized carbons (Fsp3) is 0.500. The third-order valence-corrected chi connectivity index (χ3v) is 3.25. The quantitative estimate of drug-likeness (QED) is 0.282. The van der Waals surface area contributed by atoms with E-state index in [-0.39, 0.29) is 43.1 Å². The van der Waals surface area contributed by atoms with Crippen molar-refractivity contribution in [2.24, 2.45) is 0 Å². The Bertz CT molecular complexity index is 678. The Morgan fingerprint density at radius 3 is 3.00 bits per heavy atom. The number of ether oxygens (including phenoxy) is 1. The van der Waals surface area contributed by atoms with Crippen LogP contribution in [0.3, 0.4) is 0 Å². The van der Waals surface area contributed by atoms with Crippen LogP contribution in [0, 0.1) is 17.3 Å². The summed E-state index contributed by atoms with van der Waals surface area (Å²) in [5.41, 5.74) is -0.834. The highest BCUT2D eigenvalue weighted by Gasteiger charge is 2.34. The van der Waals surface area contributed by atoms with Crippen LogP contribution in [0.15, 0.2) is 11.1 Å². The number of H-pyrrole nitrogens is 1. The van der Waals surface area contributed by atoms with Gasteiger partial charge in [0.15, 0.2) is 0 Å². The maximum Gasteiger partial charge on any atom is 0.262 e. The third-order valence-electron chi connectivity index (χ3n) is 3.25. The van der Waals surface area contributed by atoms with Crippen LogP contribution in [0.4, 0.5) is 5.82 Å². The number of hydrogen-bond donors (Lipinski definition) is 6. The summed E-state index contributed by atoms with van der Waals surface area (Å²) >= 11 is 0. The van der Waals surface area contributed by atoms with Crippen molar-refractivity contribution < 1.29 is 20.1 Å². The summed E-state index contributed by atoms with van der Waals surface area (Å²) in [4.78, 5) is 18.3. The molecule has 1 saturated heterocycles. The number of aromatic amines is 1. The zero-order chi connectivity index (χ0) is 16.8. The van der Waals surface area contributed by atoms with E-state index in [1.54, 1.807) is 0 Å². The molecular weight excluding hydrogens is 304 g/mol. The SMILES string of the molecule is N=C(C#CCCO)c1c(NC2CC(O)C(CO)O2)nc[nH]c1=O. The summed E-state index contributed by atoms with van der Waals surface area (Å²) in [6.45, 7) is -0.456. The van der Waals surface area contributed by atoms with Gasteiger partial charge in [-0.2, -0.15) is 0 Å². The number of aromatic nitrogens is 2. The van der Waals surface area contributed by atoms with Gasteiger partial charge in [0.05, 0.1) is 25.6 Å². The lowest BCUT2D eigenvalue weighted by Crippen LogP contribution is -2.27. The molecule has 124 valence electrons. The van der Waals surface area contributed by atoms with Gasteiger partial charge in [-0.25, -0.2) is 4.98 Å². The van der Waals surface area contributed by atoms with Crippen LogP contribution in [0.1, 0.15) is 18.4 Å². The first-order chi connectivity index (χ1) is 11.1. The normalized spacial score (nSPS) is 23.2. The summed E-state index contributed by atoms with van der Waals surface area (Å²) in [6, 6.07) is 0. The molecular formula is C14H18N4O5. The first-order valence-electron chi connectivity index (χ1n) is 7.04. The first-order valence-corrected chi connectivity index (χ1v) is 7.04. The Morgan fingerprint density at radius 1 is 1.57 bits per heavy atom. The molecule has 0 aromatic carbocycles. The smallest absolute Gasteiger partial charge is 0.262 e. The molecule has 1 aliphatic heterocycles. The topological polar surface area (TPSA) is 152 Å². The van der Waals surface area contributed by atoms with E-state index in [0.717, 1.165) is 0 Å². The van der Waals surface area contributed by atoms with Gasteiger partial charge in [0.2, 0.25) is 0 Å². The molecule has 23 heavy (non-hydrogen) atoms. The summed E-state index contributed by atoms with van der Waals surface area (Å²) in [6.07, 6.45) is -0.596. The van der Waals surface area contributed by atoms with Gasteiger partial charge in [-0.05, 0) is 5.92 Å². The molecule has 9 nitrogen and oxygen atoms in total. The molecule has 9 heteroatoms. The molecule has 1 aromatic heterocycles. The Morgan fingerprint density at radius 2 is 2.35 bits per heavy atom. The van der Waals surface area contributed by atoms with Crippen molar-refractivity contribution >= 4 is 11.5 Å². The zero-order valence-corrected chi connectivity index (χ0v) is 12.2. The Kier molecular flexibility index (Phi) is 5.84. The molecule has 3 atom stereocenters. The van der Waals surface area contributed by atoms with Gasteiger partial charge < -0.3 is 30.4 Å². The van der Waals surface area contributed by atoms with E-state index in [1.807, 2.05) is 0 Å². The maximum absolute atomic E-state index is 11.9. The van der Waals surface area contributed by atoms with Gasteiger partial charge in [0.1, 0.15) is 29.4 Å². The lowest BCUT2D eigenvalue weighted by atomic mass is 10.1. The Labute approximate surface area is 131 Å². The molecule has 0 amide bonds. The van der Waals surface area contributed by atoms with E-state index in [0.29, 0.717) is 0 Å². The van der Waals surface area contributed by atoms with Crippen molar-refractivity contribution in [3.8, 4) is 11.8 Å². The second-order valence-corrected chi connectivity index (χ2v) is 4.90. The van der Waals surface area contributed by atoms with Gasteiger partial charge in [0, 0.05) is 12.8 Å². The van der Waals surface area contributed by atoms with E-state index < -0.39 is 24.0 Å². The van der Waals surface area contributed by atoms with Crippen LogP contribution < -0.4 is 10.9 Å². The second-order valence-electron chi connectivity index (χ2n) is 4.90. The van der Waals surface area contributed by atoms with Gasteiger partial charge >= 0.3 is 0 Å². The third kappa shape index (κ3) is 4.14. The minimum atomic E-state index is -0.827. The van der Waals surface area contributed by atoms with Crippen LogP contribution in [-0.2, 0) is 4.74 Å².